The molecule has 8 heteroatoms. The molecule has 27 heavy (non-hydrogen) atoms. The zero-order valence-electron chi connectivity index (χ0n) is 15.0. The summed E-state index contributed by atoms with van der Waals surface area (Å²) in [6.45, 7) is 1.43. The number of aromatic nitrogens is 1. The van der Waals surface area contributed by atoms with Crippen LogP contribution in [0.4, 0.5) is 5.13 Å². The first-order chi connectivity index (χ1) is 12.5. The van der Waals surface area contributed by atoms with E-state index in [4.69, 9.17) is 23.2 Å². The van der Waals surface area contributed by atoms with E-state index in [2.05, 4.69) is 9.88 Å². The predicted octanol–water partition coefficient (Wildman–Crippen LogP) is 5.62. The molecule has 0 saturated heterocycles. The van der Waals surface area contributed by atoms with Crippen LogP contribution in [0.15, 0.2) is 42.5 Å². The van der Waals surface area contributed by atoms with Gasteiger partial charge in [0.05, 0.1) is 20.8 Å². The largest absolute Gasteiger partial charge is 0.309 e. The van der Waals surface area contributed by atoms with Crippen LogP contribution in [0.25, 0.3) is 10.2 Å². The molecular weight excluding hydrogens is 425 g/mol. The highest BCUT2D eigenvalue weighted by atomic mass is 35.5. The molecule has 2 aromatic carbocycles. The van der Waals surface area contributed by atoms with Crippen LogP contribution in [0.5, 0.6) is 0 Å². The van der Waals surface area contributed by atoms with Gasteiger partial charge in [-0.25, -0.2) is 4.98 Å². The van der Waals surface area contributed by atoms with Crippen molar-refractivity contribution in [1.82, 2.24) is 9.88 Å². The first kappa shape index (κ1) is 21.9. The molecule has 4 nitrogen and oxygen atoms in total. The summed E-state index contributed by atoms with van der Waals surface area (Å²) in [7, 11) is 4.02. The summed E-state index contributed by atoms with van der Waals surface area (Å²) in [5.41, 5.74) is 1.28. The second-order valence-corrected chi connectivity index (χ2v) is 8.05. The lowest BCUT2D eigenvalue weighted by Gasteiger charge is -2.21. The lowest BCUT2D eigenvalue weighted by atomic mass is 10.2. The molecule has 0 N–H and O–H groups in total. The Balaban J connectivity index is 0.00000261. The monoisotopic (exact) mass is 443 g/mol. The Morgan fingerprint density at radius 1 is 1.11 bits per heavy atom. The maximum atomic E-state index is 13.2. The molecule has 1 heterocycles. The Morgan fingerprint density at radius 3 is 2.56 bits per heavy atom. The van der Waals surface area contributed by atoms with Crippen molar-refractivity contribution in [3.63, 3.8) is 0 Å². The highest BCUT2D eigenvalue weighted by Gasteiger charge is 2.23. The number of carbonyl (C=O) groups is 1. The standard InChI is InChI=1S/C19H19Cl2N3OS.ClH/c1-23(2)10-5-11-24(18(25)14-12-13(20)8-9-15(14)21)19-22-16-6-3-4-7-17(16)26-19;/h3-4,6-9,12H,5,10-11H2,1-2H3;1H. The molecule has 0 saturated carbocycles. The average molecular weight is 445 g/mol. The van der Waals surface area contributed by atoms with Crippen molar-refractivity contribution in [3.8, 4) is 0 Å². The fourth-order valence-electron chi connectivity index (χ4n) is 2.61. The van der Waals surface area contributed by atoms with Crippen LogP contribution in [0, 0.1) is 0 Å². The van der Waals surface area contributed by atoms with Crippen LogP contribution in [0.3, 0.4) is 0 Å². The second kappa shape index (κ2) is 9.71. The summed E-state index contributed by atoms with van der Waals surface area (Å²) < 4.78 is 1.05. The second-order valence-electron chi connectivity index (χ2n) is 6.20. The van der Waals surface area contributed by atoms with Crippen LogP contribution in [-0.2, 0) is 0 Å². The molecule has 3 aromatic rings. The molecule has 0 bridgehead atoms. The van der Waals surface area contributed by atoms with Gasteiger partial charge in [0.25, 0.3) is 5.91 Å². The Hall–Kier alpha value is -1.37. The van der Waals surface area contributed by atoms with Crippen molar-refractivity contribution >= 4 is 68.2 Å². The first-order valence-electron chi connectivity index (χ1n) is 8.23. The smallest absolute Gasteiger partial charge is 0.261 e. The van der Waals surface area contributed by atoms with Gasteiger partial charge < -0.3 is 4.90 Å². The van der Waals surface area contributed by atoms with Gasteiger partial charge in [0, 0.05) is 11.6 Å². The zero-order chi connectivity index (χ0) is 18.7. The van der Waals surface area contributed by atoms with E-state index in [1.54, 1.807) is 23.1 Å². The number of hydrogen-bond acceptors (Lipinski definition) is 4. The van der Waals surface area contributed by atoms with Crippen LogP contribution >= 0.6 is 46.9 Å². The number of benzene rings is 2. The molecule has 1 aromatic heterocycles. The number of halogens is 3. The highest BCUT2D eigenvalue weighted by molar-refractivity contribution is 7.22. The minimum atomic E-state index is -0.185. The van der Waals surface area contributed by atoms with E-state index in [0.717, 1.165) is 23.2 Å². The van der Waals surface area contributed by atoms with Crippen molar-refractivity contribution in [1.29, 1.82) is 0 Å². The Labute approximate surface area is 179 Å². The lowest BCUT2D eigenvalue weighted by Crippen LogP contribution is -2.33. The molecular formula is C19H20Cl3N3OS. The first-order valence-corrected chi connectivity index (χ1v) is 9.80. The minimum absolute atomic E-state index is 0. The Morgan fingerprint density at radius 2 is 1.85 bits per heavy atom. The molecule has 0 fully saturated rings. The number of carbonyl (C=O) groups excluding carboxylic acids is 1. The van der Waals surface area contributed by atoms with Crippen molar-refractivity contribution < 1.29 is 4.79 Å². The topological polar surface area (TPSA) is 36.4 Å². The average Bonchev–Trinajstić information content (AvgIpc) is 3.03. The van der Waals surface area contributed by atoms with Crippen LogP contribution in [-0.4, -0.2) is 43.0 Å². The van der Waals surface area contributed by atoms with Gasteiger partial charge in [-0.05, 0) is 57.4 Å². The molecule has 0 aliphatic rings. The van der Waals surface area contributed by atoms with E-state index < -0.39 is 0 Å². The molecule has 0 radical (unpaired) electrons. The third-order valence-electron chi connectivity index (χ3n) is 3.90. The van der Waals surface area contributed by atoms with Crippen LogP contribution < -0.4 is 4.90 Å². The van der Waals surface area contributed by atoms with Crippen molar-refractivity contribution in [3.05, 3.63) is 58.1 Å². The third-order valence-corrected chi connectivity index (χ3v) is 5.53. The normalized spacial score (nSPS) is 10.9. The van der Waals surface area contributed by atoms with E-state index in [-0.39, 0.29) is 18.3 Å². The van der Waals surface area contributed by atoms with Gasteiger partial charge in [-0.2, -0.15) is 0 Å². The number of rotatable bonds is 6. The molecule has 1 amide bonds. The van der Waals surface area contributed by atoms with Gasteiger partial charge in [-0.3, -0.25) is 9.69 Å². The molecule has 0 spiro atoms. The van der Waals surface area contributed by atoms with E-state index >= 15 is 0 Å². The molecule has 0 unspecified atom stereocenters. The Bertz CT molecular complexity index is 896. The maximum absolute atomic E-state index is 13.2. The highest BCUT2D eigenvalue weighted by Crippen LogP contribution is 2.31. The van der Waals surface area contributed by atoms with Crippen molar-refractivity contribution in [2.45, 2.75) is 6.42 Å². The van der Waals surface area contributed by atoms with E-state index in [9.17, 15) is 4.79 Å². The van der Waals surface area contributed by atoms with Gasteiger partial charge in [-0.15, -0.1) is 12.4 Å². The van der Waals surface area contributed by atoms with E-state index in [1.807, 2.05) is 38.4 Å². The SMILES string of the molecule is CN(C)CCCN(C(=O)c1cc(Cl)ccc1Cl)c1nc2ccccc2s1.Cl. The summed E-state index contributed by atoms with van der Waals surface area (Å²) in [4.78, 5) is 21.6. The predicted molar refractivity (Wildman–Crippen MR) is 118 cm³/mol. The van der Waals surface area contributed by atoms with Gasteiger partial charge in [0.1, 0.15) is 0 Å². The maximum Gasteiger partial charge on any atom is 0.261 e. The summed E-state index contributed by atoms with van der Waals surface area (Å²) in [6, 6.07) is 12.8. The number of nitrogens with zero attached hydrogens (tertiary/aromatic N) is 3. The summed E-state index contributed by atoms with van der Waals surface area (Å²) in [5.74, 6) is -0.185. The van der Waals surface area contributed by atoms with Gasteiger partial charge >= 0.3 is 0 Å². The van der Waals surface area contributed by atoms with Crippen molar-refractivity contribution in [2.75, 3.05) is 32.1 Å². The fraction of sp³-hybridized carbons (Fsp3) is 0.263. The molecule has 0 aliphatic heterocycles. The number of anilines is 1. The van der Waals surface area contributed by atoms with Gasteiger partial charge in [0.15, 0.2) is 5.13 Å². The molecule has 3 rings (SSSR count). The van der Waals surface area contributed by atoms with Gasteiger partial charge in [-0.1, -0.05) is 46.7 Å². The van der Waals surface area contributed by atoms with E-state index in [1.165, 1.54) is 11.3 Å². The van der Waals surface area contributed by atoms with E-state index in [0.29, 0.717) is 27.3 Å². The fourth-order valence-corrected chi connectivity index (χ4v) is 3.97. The van der Waals surface area contributed by atoms with Crippen molar-refractivity contribution in [2.24, 2.45) is 0 Å². The molecule has 144 valence electrons. The van der Waals surface area contributed by atoms with Crippen LogP contribution in [0.1, 0.15) is 16.8 Å². The Kier molecular flexibility index (Phi) is 7.89. The summed E-state index contributed by atoms with van der Waals surface area (Å²) >= 11 is 13.8. The zero-order valence-corrected chi connectivity index (χ0v) is 18.1. The number of thiazole rings is 1. The number of amides is 1. The van der Waals surface area contributed by atoms with Crippen LogP contribution in [0.2, 0.25) is 10.0 Å². The summed E-state index contributed by atoms with van der Waals surface area (Å²) in [6.07, 6.45) is 0.826. The number of para-hydroxylation sites is 1. The molecule has 0 atom stereocenters. The lowest BCUT2D eigenvalue weighted by molar-refractivity contribution is 0.0986. The summed E-state index contributed by atoms with van der Waals surface area (Å²) in [5, 5.41) is 1.54. The van der Waals surface area contributed by atoms with Gasteiger partial charge in [0.2, 0.25) is 0 Å². The quantitative estimate of drug-likeness (QED) is 0.495. The molecule has 0 aliphatic carbocycles. The number of hydrogen-bond donors (Lipinski definition) is 0. The number of fused-ring (bicyclic) bond motifs is 1. The third kappa shape index (κ3) is 5.33. The minimum Gasteiger partial charge on any atom is -0.309 e.